The number of anilines is 1. The first kappa shape index (κ1) is 18.8. The Morgan fingerprint density at radius 1 is 1.03 bits per heavy atom. The molecule has 2 aromatic carbocycles. The molecule has 2 aromatic heterocycles. The molecule has 2 amide bonds. The van der Waals surface area contributed by atoms with Crippen molar-refractivity contribution in [3.8, 4) is 0 Å². The van der Waals surface area contributed by atoms with Crippen LogP contribution in [-0.4, -0.2) is 21.8 Å². The normalized spacial score (nSPS) is 11.9. The SMILES string of the molecule is CC(c1ccccc1)c1cc(C(N)=O)c(NC(=O)c2cnc3ccccc3n2)s1. The predicted octanol–water partition coefficient (Wildman–Crippen LogP) is 4.19. The monoisotopic (exact) mass is 402 g/mol. The van der Waals surface area contributed by atoms with Gasteiger partial charge in [-0.1, -0.05) is 49.4 Å². The van der Waals surface area contributed by atoms with Gasteiger partial charge in [-0.2, -0.15) is 0 Å². The summed E-state index contributed by atoms with van der Waals surface area (Å²) in [5, 5.41) is 3.19. The number of fused-ring (bicyclic) bond motifs is 1. The van der Waals surface area contributed by atoms with Crippen molar-refractivity contribution < 1.29 is 9.59 Å². The molecule has 1 atom stereocenters. The molecule has 1 unspecified atom stereocenters. The highest BCUT2D eigenvalue weighted by atomic mass is 32.1. The quantitative estimate of drug-likeness (QED) is 0.523. The van der Waals surface area contributed by atoms with Crippen molar-refractivity contribution >= 4 is 39.2 Å². The Labute approximate surface area is 171 Å². The average Bonchev–Trinajstić information content (AvgIpc) is 3.17. The van der Waals surface area contributed by atoms with Crippen molar-refractivity contribution in [2.75, 3.05) is 5.32 Å². The van der Waals surface area contributed by atoms with Crippen LogP contribution in [0, 0.1) is 0 Å². The molecule has 2 heterocycles. The van der Waals surface area contributed by atoms with E-state index < -0.39 is 11.8 Å². The van der Waals surface area contributed by atoms with Crippen molar-refractivity contribution in [2.24, 2.45) is 5.73 Å². The fourth-order valence-corrected chi connectivity index (χ4v) is 4.18. The Morgan fingerprint density at radius 2 is 1.72 bits per heavy atom. The molecule has 0 spiro atoms. The lowest BCUT2D eigenvalue weighted by atomic mass is 9.99. The standard InChI is InChI=1S/C22H18N4O2S/c1-13(14-7-3-2-4-8-14)19-11-15(20(23)27)22(29-19)26-21(28)18-12-24-16-9-5-6-10-17(16)25-18/h2-13H,1H3,(H2,23,27)(H,26,28). The second kappa shape index (κ2) is 7.81. The van der Waals surface area contributed by atoms with Gasteiger partial charge in [0.1, 0.15) is 10.7 Å². The van der Waals surface area contributed by atoms with E-state index in [2.05, 4.69) is 15.3 Å². The number of hydrogen-bond donors (Lipinski definition) is 2. The predicted molar refractivity (Wildman–Crippen MR) is 114 cm³/mol. The summed E-state index contributed by atoms with van der Waals surface area (Å²) in [6.07, 6.45) is 1.42. The van der Waals surface area contributed by atoms with Crippen molar-refractivity contribution in [2.45, 2.75) is 12.8 Å². The van der Waals surface area contributed by atoms with Gasteiger partial charge in [0.2, 0.25) is 0 Å². The third-order valence-electron chi connectivity index (χ3n) is 4.65. The molecule has 0 saturated heterocycles. The number of amides is 2. The van der Waals surface area contributed by atoms with Gasteiger partial charge in [-0.3, -0.25) is 14.6 Å². The molecule has 0 fully saturated rings. The van der Waals surface area contributed by atoms with Gasteiger partial charge in [0.25, 0.3) is 11.8 Å². The Balaban J connectivity index is 1.64. The first-order chi connectivity index (χ1) is 14.0. The van der Waals surface area contributed by atoms with E-state index in [0.717, 1.165) is 10.4 Å². The van der Waals surface area contributed by atoms with Crippen LogP contribution in [0.15, 0.2) is 66.9 Å². The van der Waals surface area contributed by atoms with Gasteiger partial charge in [-0.25, -0.2) is 4.98 Å². The van der Waals surface area contributed by atoms with Gasteiger partial charge in [0, 0.05) is 10.8 Å². The number of nitrogens with one attached hydrogen (secondary N) is 1. The summed E-state index contributed by atoms with van der Waals surface area (Å²) >= 11 is 1.34. The van der Waals surface area contributed by atoms with Gasteiger partial charge in [0.15, 0.2) is 0 Å². The fourth-order valence-electron chi connectivity index (χ4n) is 3.04. The van der Waals surface area contributed by atoms with Crippen LogP contribution in [0.4, 0.5) is 5.00 Å². The van der Waals surface area contributed by atoms with Crippen LogP contribution in [0.1, 0.15) is 44.1 Å². The van der Waals surface area contributed by atoms with Crippen LogP contribution < -0.4 is 11.1 Å². The second-order valence-electron chi connectivity index (χ2n) is 6.59. The van der Waals surface area contributed by atoms with Crippen molar-refractivity contribution in [1.29, 1.82) is 0 Å². The zero-order chi connectivity index (χ0) is 20.4. The molecule has 0 radical (unpaired) electrons. The Hall–Kier alpha value is -3.58. The summed E-state index contributed by atoms with van der Waals surface area (Å²) in [6, 6.07) is 19.0. The van der Waals surface area contributed by atoms with Gasteiger partial charge in [-0.05, 0) is 23.8 Å². The maximum absolute atomic E-state index is 12.7. The summed E-state index contributed by atoms with van der Waals surface area (Å²) in [5.41, 5.74) is 8.45. The lowest BCUT2D eigenvalue weighted by Gasteiger charge is -2.09. The topological polar surface area (TPSA) is 98.0 Å². The third-order valence-corrected chi connectivity index (χ3v) is 5.88. The number of carbonyl (C=O) groups is 2. The number of nitrogens with zero attached hydrogens (tertiary/aromatic N) is 2. The van der Waals surface area contributed by atoms with Crippen LogP contribution in [0.3, 0.4) is 0 Å². The zero-order valence-electron chi connectivity index (χ0n) is 15.6. The average molecular weight is 402 g/mol. The Kier molecular flexibility index (Phi) is 5.05. The van der Waals surface area contributed by atoms with Gasteiger partial charge < -0.3 is 11.1 Å². The largest absolute Gasteiger partial charge is 0.366 e. The maximum atomic E-state index is 12.7. The maximum Gasteiger partial charge on any atom is 0.276 e. The van der Waals surface area contributed by atoms with Crippen LogP contribution in [0.2, 0.25) is 0 Å². The molecular formula is C22H18N4O2S. The van der Waals surface area contributed by atoms with E-state index in [-0.39, 0.29) is 17.2 Å². The second-order valence-corrected chi connectivity index (χ2v) is 7.67. The fraction of sp³-hybridized carbons (Fsp3) is 0.0909. The van der Waals surface area contributed by atoms with E-state index >= 15 is 0 Å². The molecule has 29 heavy (non-hydrogen) atoms. The smallest absolute Gasteiger partial charge is 0.276 e. The van der Waals surface area contributed by atoms with E-state index in [1.165, 1.54) is 17.5 Å². The molecule has 7 heteroatoms. The number of thiophene rings is 1. The highest BCUT2D eigenvalue weighted by Crippen LogP contribution is 2.36. The van der Waals surface area contributed by atoms with Gasteiger partial charge in [-0.15, -0.1) is 11.3 Å². The molecule has 3 N–H and O–H groups in total. The number of primary amides is 1. The number of nitrogens with two attached hydrogens (primary N) is 1. The Bertz CT molecular complexity index is 1200. The summed E-state index contributed by atoms with van der Waals surface area (Å²) in [4.78, 5) is 34.2. The van der Waals surface area contributed by atoms with E-state index in [1.54, 1.807) is 12.1 Å². The van der Waals surface area contributed by atoms with Crippen LogP contribution in [-0.2, 0) is 0 Å². The molecule has 0 bridgehead atoms. The van der Waals surface area contributed by atoms with E-state index in [9.17, 15) is 9.59 Å². The molecule has 0 saturated carbocycles. The number of benzene rings is 2. The Morgan fingerprint density at radius 3 is 2.45 bits per heavy atom. The number of hydrogen-bond acceptors (Lipinski definition) is 5. The van der Waals surface area contributed by atoms with E-state index in [1.807, 2.05) is 55.5 Å². The van der Waals surface area contributed by atoms with Crippen LogP contribution in [0.25, 0.3) is 11.0 Å². The number of para-hydroxylation sites is 2. The first-order valence-electron chi connectivity index (χ1n) is 9.04. The van der Waals surface area contributed by atoms with Crippen molar-refractivity contribution in [1.82, 2.24) is 9.97 Å². The van der Waals surface area contributed by atoms with Crippen molar-refractivity contribution in [3.63, 3.8) is 0 Å². The lowest BCUT2D eigenvalue weighted by molar-refractivity contribution is 0.100. The van der Waals surface area contributed by atoms with Crippen LogP contribution >= 0.6 is 11.3 Å². The summed E-state index contributed by atoms with van der Waals surface area (Å²) in [7, 11) is 0. The lowest BCUT2D eigenvalue weighted by Crippen LogP contribution is -2.17. The zero-order valence-corrected chi connectivity index (χ0v) is 16.4. The summed E-state index contributed by atoms with van der Waals surface area (Å²) < 4.78 is 0. The minimum atomic E-state index is -0.590. The highest BCUT2D eigenvalue weighted by molar-refractivity contribution is 7.16. The molecule has 0 aliphatic heterocycles. The number of carbonyl (C=O) groups excluding carboxylic acids is 2. The number of rotatable bonds is 5. The van der Waals surface area contributed by atoms with Crippen molar-refractivity contribution in [3.05, 3.63) is 88.6 Å². The summed E-state index contributed by atoms with van der Waals surface area (Å²) in [6.45, 7) is 2.05. The minimum Gasteiger partial charge on any atom is -0.366 e. The van der Waals surface area contributed by atoms with Gasteiger partial charge >= 0.3 is 0 Å². The van der Waals surface area contributed by atoms with E-state index in [4.69, 9.17) is 5.73 Å². The highest BCUT2D eigenvalue weighted by Gasteiger charge is 2.21. The first-order valence-corrected chi connectivity index (χ1v) is 9.86. The molecule has 0 aliphatic rings. The number of aromatic nitrogens is 2. The third kappa shape index (κ3) is 3.86. The molecule has 4 rings (SSSR count). The van der Waals surface area contributed by atoms with E-state index in [0.29, 0.717) is 16.0 Å². The van der Waals surface area contributed by atoms with Gasteiger partial charge in [0.05, 0.1) is 22.8 Å². The molecule has 0 aliphatic carbocycles. The molecule has 4 aromatic rings. The van der Waals surface area contributed by atoms with Crippen LogP contribution in [0.5, 0.6) is 0 Å². The molecular weight excluding hydrogens is 384 g/mol. The minimum absolute atomic E-state index is 0.0606. The summed E-state index contributed by atoms with van der Waals surface area (Å²) in [5.74, 6) is -0.968. The molecule has 144 valence electrons. The molecule has 6 nitrogen and oxygen atoms in total.